The number of rotatable bonds is 9. The van der Waals surface area contributed by atoms with Crippen LogP contribution >= 0.6 is 27.5 Å². The maximum atomic E-state index is 12.9. The number of carbonyl (C=O) groups excluding carboxylic acids is 2. The van der Waals surface area contributed by atoms with Crippen LogP contribution in [0, 0.1) is 0 Å². The number of hydrogen-bond acceptors (Lipinski definition) is 3. The van der Waals surface area contributed by atoms with E-state index in [1.165, 1.54) is 4.90 Å². The van der Waals surface area contributed by atoms with Gasteiger partial charge in [0.2, 0.25) is 5.91 Å². The highest BCUT2D eigenvalue weighted by atomic mass is 79.9. The summed E-state index contributed by atoms with van der Waals surface area (Å²) >= 11 is 9.39. The average Bonchev–Trinajstić information content (AvgIpc) is 2.68. The minimum atomic E-state index is -0.624. The number of benzene rings is 2. The Kier molecular flexibility index (Phi) is 8.80. The summed E-state index contributed by atoms with van der Waals surface area (Å²) in [5.74, 6) is 0.0402. The molecule has 0 aliphatic carbocycles. The van der Waals surface area contributed by atoms with Crippen LogP contribution in [0.2, 0.25) is 5.02 Å². The van der Waals surface area contributed by atoms with Gasteiger partial charge in [0.05, 0.1) is 0 Å². The molecule has 150 valence electrons. The molecule has 2 aromatic carbocycles. The summed E-state index contributed by atoms with van der Waals surface area (Å²) in [6.45, 7) is 4.40. The van der Waals surface area contributed by atoms with E-state index >= 15 is 0 Å². The predicted octanol–water partition coefficient (Wildman–Crippen LogP) is 4.42. The molecule has 0 aliphatic rings. The second-order valence-corrected chi connectivity index (χ2v) is 7.72. The lowest BCUT2D eigenvalue weighted by molar-refractivity contribution is -0.142. The van der Waals surface area contributed by atoms with Crippen LogP contribution in [0.25, 0.3) is 0 Å². The SMILES string of the molecule is CCCNC(=O)[C@H](C)N(Cc1cccc(Br)c1)C(=O)COc1cccc(Cl)c1. The van der Waals surface area contributed by atoms with Crippen LogP contribution in [0.1, 0.15) is 25.8 Å². The van der Waals surface area contributed by atoms with Crippen molar-refractivity contribution in [3.05, 3.63) is 63.6 Å². The number of ether oxygens (including phenoxy) is 1. The maximum absolute atomic E-state index is 12.9. The molecule has 0 radical (unpaired) electrons. The van der Waals surface area contributed by atoms with Crippen LogP contribution in [0.5, 0.6) is 5.75 Å². The Morgan fingerprint density at radius 1 is 1.21 bits per heavy atom. The van der Waals surface area contributed by atoms with Crippen LogP contribution in [0.3, 0.4) is 0 Å². The molecule has 0 spiro atoms. The molecular weight excluding hydrogens is 444 g/mol. The minimum absolute atomic E-state index is 0.181. The summed E-state index contributed by atoms with van der Waals surface area (Å²) in [5.41, 5.74) is 0.917. The molecule has 0 bridgehead atoms. The number of amides is 2. The molecule has 2 rings (SSSR count). The van der Waals surface area contributed by atoms with Crippen LogP contribution in [-0.2, 0) is 16.1 Å². The van der Waals surface area contributed by atoms with Crippen molar-refractivity contribution in [1.82, 2.24) is 10.2 Å². The molecule has 2 amide bonds. The van der Waals surface area contributed by atoms with E-state index in [1.54, 1.807) is 31.2 Å². The van der Waals surface area contributed by atoms with Gasteiger partial charge < -0.3 is 15.0 Å². The van der Waals surface area contributed by atoms with Crippen molar-refractivity contribution in [1.29, 1.82) is 0 Å². The van der Waals surface area contributed by atoms with Gasteiger partial charge in [-0.1, -0.05) is 52.7 Å². The topological polar surface area (TPSA) is 58.6 Å². The lowest BCUT2D eigenvalue weighted by Gasteiger charge is -2.28. The molecule has 0 saturated heterocycles. The molecule has 0 saturated carbocycles. The van der Waals surface area contributed by atoms with Crippen LogP contribution in [-0.4, -0.2) is 35.9 Å². The second-order valence-electron chi connectivity index (χ2n) is 6.36. The van der Waals surface area contributed by atoms with Crippen LogP contribution in [0.4, 0.5) is 0 Å². The third kappa shape index (κ3) is 6.84. The smallest absolute Gasteiger partial charge is 0.261 e. The predicted molar refractivity (Wildman–Crippen MR) is 114 cm³/mol. The molecule has 0 aliphatic heterocycles. The summed E-state index contributed by atoms with van der Waals surface area (Å²) < 4.78 is 6.50. The molecule has 0 unspecified atom stereocenters. The fourth-order valence-electron chi connectivity index (χ4n) is 2.60. The standard InChI is InChI=1S/C21H24BrClN2O3/c1-3-10-24-21(27)15(2)25(13-16-6-4-7-17(22)11-16)20(26)14-28-19-9-5-8-18(23)12-19/h4-9,11-12,15H,3,10,13-14H2,1-2H3,(H,24,27)/t15-/m0/s1. The zero-order chi connectivity index (χ0) is 20.5. The van der Waals surface area contributed by atoms with Gasteiger partial charge in [-0.15, -0.1) is 0 Å². The van der Waals surface area contributed by atoms with Gasteiger partial charge in [0.1, 0.15) is 11.8 Å². The van der Waals surface area contributed by atoms with Gasteiger partial charge >= 0.3 is 0 Å². The highest BCUT2D eigenvalue weighted by molar-refractivity contribution is 9.10. The Balaban J connectivity index is 2.13. The zero-order valence-corrected chi connectivity index (χ0v) is 18.3. The first-order valence-corrected chi connectivity index (χ1v) is 10.3. The monoisotopic (exact) mass is 466 g/mol. The number of carbonyl (C=O) groups is 2. The summed E-state index contributed by atoms with van der Waals surface area (Å²) in [7, 11) is 0. The Bertz CT molecular complexity index is 816. The van der Waals surface area contributed by atoms with Crippen molar-refractivity contribution in [3.8, 4) is 5.75 Å². The van der Waals surface area contributed by atoms with Crippen molar-refractivity contribution in [3.63, 3.8) is 0 Å². The second kappa shape index (κ2) is 11.1. The van der Waals surface area contributed by atoms with E-state index < -0.39 is 6.04 Å². The first kappa shape index (κ1) is 22.2. The van der Waals surface area contributed by atoms with E-state index in [9.17, 15) is 9.59 Å². The van der Waals surface area contributed by atoms with E-state index in [4.69, 9.17) is 16.3 Å². The maximum Gasteiger partial charge on any atom is 0.261 e. The van der Waals surface area contributed by atoms with E-state index in [0.29, 0.717) is 23.9 Å². The first-order chi connectivity index (χ1) is 13.4. The van der Waals surface area contributed by atoms with Gasteiger partial charge in [-0.2, -0.15) is 0 Å². The van der Waals surface area contributed by atoms with E-state index in [0.717, 1.165) is 16.5 Å². The van der Waals surface area contributed by atoms with E-state index in [2.05, 4.69) is 21.2 Å². The van der Waals surface area contributed by atoms with Crippen molar-refractivity contribution >= 4 is 39.3 Å². The Morgan fingerprint density at radius 2 is 1.96 bits per heavy atom. The number of halogens is 2. The van der Waals surface area contributed by atoms with E-state index in [1.807, 2.05) is 31.2 Å². The molecule has 2 aromatic rings. The van der Waals surface area contributed by atoms with Crippen LogP contribution in [0.15, 0.2) is 53.0 Å². The molecule has 0 heterocycles. The summed E-state index contributed by atoms with van der Waals surface area (Å²) in [6.07, 6.45) is 0.829. The highest BCUT2D eigenvalue weighted by Crippen LogP contribution is 2.18. The minimum Gasteiger partial charge on any atom is -0.484 e. The molecule has 5 nitrogen and oxygen atoms in total. The molecule has 0 aromatic heterocycles. The fourth-order valence-corrected chi connectivity index (χ4v) is 3.22. The van der Waals surface area contributed by atoms with Gasteiger partial charge in [-0.25, -0.2) is 0 Å². The Labute approximate surface area is 179 Å². The zero-order valence-electron chi connectivity index (χ0n) is 16.0. The van der Waals surface area contributed by atoms with Gasteiger partial charge in [-0.3, -0.25) is 9.59 Å². The number of hydrogen-bond donors (Lipinski definition) is 1. The molecule has 7 heteroatoms. The largest absolute Gasteiger partial charge is 0.484 e. The third-order valence-electron chi connectivity index (χ3n) is 4.12. The highest BCUT2D eigenvalue weighted by Gasteiger charge is 2.26. The first-order valence-electron chi connectivity index (χ1n) is 9.10. The third-order valence-corrected chi connectivity index (χ3v) is 4.85. The van der Waals surface area contributed by atoms with Gasteiger partial charge in [-0.05, 0) is 49.2 Å². The summed E-state index contributed by atoms with van der Waals surface area (Å²) in [5, 5.41) is 3.38. The van der Waals surface area contributed by atoms with Crippen molar-refractivity contribution in [2.45, 2.75) is 32.9 Å². The van der Waals surface area contributed by atoms with Crippen molar-refractivity contribution in [2.24, 2.45) is 0 Å². The fraction of sp³-hybridized carbons (Fsp3) is 0.333. The molecule has 28 heavy (non-hydrogen) atoms. The van der Waals surface area contributed by atoms with E-state index in [-0.39, 0.29) is 18.4 Å². The van der Waals surface area contributed by atoms with Crippen LogP contribution < -0.4 is 10.1 Å². The Hall–Kier alpha value is -2.05. The van der Waals surface area contributed by atoms with Crippen molar-refractivity contribution in [2.75, 3.05) is 13.2 Å². The lowest BCUT2D eigenvalue weighted by Crippen LogP contribution is -2.49. The lowest BCUT2D eigenvalue weighted by atomic mass is 10.1. The quantitative estimate of drug-likeness (QED) is 0.594. The van der Waals surface area contributed by atoms with Gasteiger partial charge in [0.25, 0.3) is 5.91 Å². The molecule has 0 fully saturated rings. The molecule has 1 atom stereocenters. The van der Waals surface area contributed by atoms with Gasteiger partial charge in [0.15, 0.2) is 6.61 Å². The normalized spacial score (nSPS) is 11.6. The molecular formula is C21H24BrClN2O3. The average molecular weight is 468 g/mol. The molecule has 1 N–H and O–H groups in total. The Morgan fingerprint density at radius 3 is 2.64 bits per heavy atom. The number of nitrogens with one attached hydrogen (secondary N) is 1. The van der Waals surface area contributed by atoms with Gasteiger partial charge in [0, 0.05) is 22.6 Å². The number of nitrogens with zero attached hydrogens (tertiary/aromatic N) is 1. The van der Waals surface area contributed by atoms with Crippen molar-refractivity contribution < 1.29 is 14.3 Å². The summed E-state index contributed by atoms with van der Waals surface area (Å²) in [4.78, 5) is 26.9. The summed E-state index contributed by atoms with van der Waals surface area (Å²) in [6, 6.07) is 13.9.